The van der Waals surface area contributed by atoms with Crippen LogP contribution in [0.1, 0.15) is 24.9 Å². The Balaban J connectivity index is 0.00000924. The zero-order valence-electron chi connectivity index (χ0n) is 28.5. The van der Waals surface area contributed by atoms with E-state index < -0.39 is 88.8 Å². The summed E-state index contributed by atoms with van der Waals surface area (Å²) in [4.78, 5) is 44.7. The second-order valence-electron chi connectivity index (χ2n) is 4.18. The van der Waals surface area contributed by atoms with Crippen molar-refractivity contribution in [1.29, 1.82) is 4.29 Å². The molecule has 1 aliphatic rings. The summed E-state index contributed by atoms with van der Waals surface area (Å²) in [6.45, 7) is -4.63. The standard InChI is InChI=1S/C9H16N3O13P3.2Li/c10-7-1-2-12(9(14)11-7)8-3-5(13)6(23-8)4-22-27(18,19)25-28(20,21)24-26(15,16)17;;/h1-2,5-6,8,13H,3-4H2,(H,18,19)(H,20,21)(H2,10,11,14)(H2,15,16,17);;/q;2*+1/p-2/t5?,6-,8-;;/m1../s1/i1D,2D,3D2,4D2,5D,6D,8D,10+1,11+1,12+1,13D;;/hD4. The van der Waals surface area contributed by atoms with E-state index in [-0.39, 0.29) is 37.7 Å². The number of nitrogens with two attached hydrogens (primary N) is 1. The molecule has 5 N–H and O–H groups in total. The molecule has 1 aliphatic heterocycles. The topological polar surface area (TPSA) is 256 Å². The number of nitrogens with zero attached hydrogens (tertiary/aromatic N) is 2. The molecule has 2 heterocycles. The molecule has 0 saturated carbocycles. The number of phosphoric acid groups is 3. The van der Waals surface area contributed by atoms with Gasteiger partial charge < -0.3 is 35.1 Å². The molecule has 16 nitrogen and oxygen atoms in total. The van der Waals surface area contributed by atoms with Crippen LogP contribution >= 0.6 is 23.5 Å². The molecule has 1 fully saturated rings. The molecule has 4 unspecified atom stereocenters. The van der Waals surface area contributed by atoms with Crippen molar-refractivity contribution in [3.63, 3.8) is 0 Å². The van der Waals surface area contributed by atoms with E-state index in [1.165, 1.54) is 0 Å². The number of aliphatic hydroxyl groups is 1. The Labute approximate surface area is 212 Å². The zero-order valence-corrected chi connectivity index (χ0v) is 17.2. The maximum atomic E-state index is 12.6. The second-order valence-corrected chi connectivity index (χ2v) is 8.35. The molecular formula is C9H14Li2N3O13P3. The molecule has 30 heavy (non-hydrogen) atoms. The predicted molar refractivity (Wildman–Crippen MR) is 82.8 cm³/mol. The average molecular weight is 496 g/mol. The summed E-state index contributed by atoms with van der Waals surface area (Å²) < 4.78 is 158. The smallest absolute Gasteiger partial charge is 0.756 e. The third-order valence-corrected chi connectivity index (χ3v) is 5.67. The molecular weight excluding hydrogens is 468 g/mol. The maximum absolute atomic E-state index is 12.6. The minimum atomic E-state index is -6.61. The van der Waals surface area contributed by atoms with Crippen LogP contribution in [-0.4, -0.2) is 47.5 Å². The van der Waals surface area contributed by atoms with Gasteiger partial charge in [0.05, 0.1) is 22.2 Å². The first-order valence-electron chi connectivity index (χ1n) is 12.7. The van der Waals surface area contributed by atoms with Crippen molar-refractivity contribution in [2.45, 2.75) is 24.7 Å². The van der Waals surface area contributed by atoms with Gasteiger partial charge in [-0.1, -0.05) is 0 Å². The van der Waals surface area contributed by atoms with Gasteiger partial charge in [0.15, 0.2) is 2.82 Å². The quantitative estimate of drug-likeness (QED) is 0.119. The molecule has 2 rings (SSSR count). The zero-order chi connectivity index (χ0) is 33.1. The monoisotopic (exact) mass is 496 g/mol. The van der Waals surface area contributed by atoms with Crippen molar-refractivity contribution in [2.24, 2.45) is 0 Å². The van der Waals surface area contributed by atoms with Crippen molar-refractivity contribution in [3.05, 3.63) is 22.7 Å². The predicted octanol–water partition coefficient (Wildman–Crippen LogP) is -8.44. The van der Waals surface area contributed by atoms with Gasteiger partial charge in [-0.2, -0.15) is 4.98 Å². The summed E-state index contributed by atoms with van der Waals surface area (Å²) >= 11 is 0. The van der Waals surface area contributed by atoms with Crippen LogP contribution in [0.15, 0.2) is 17.0 Å². The summed E-state index contributed by atoms with van der Waals surface area (Å²) in [5.74, 6) is -1.15. The van der Waals surface area contributed by atoms with Gasteiger partial charge in [0.25, 0.3) is 15.6 Å². The van der Waals surface area contributed by atoms with Gasteiger partial charge in [-0.05, 0) is 6.04 Å². The summed E-state index contributed by atoms with van der Waals surface area (Å²) in [6, 6.07) is -1.33. The first-order chi connectivity index (χ1) is 18.7. The number of aromatic nitrogens is 2. The van der Waals surface area contributed by atoms with Crippen LogP contribution in [0.2, 0.25) is 2.82 Å². The fourth-order valence-electron chi connectivity index (χ4n) is 1.32. The number of anilines is 1. The molecule has 1 aromatic rings. The number of hydrogen-bond acceptors (Lipinski definition) is 15. The summed E-state index contributed by atoms with van der Waals surface area (Å²) in [5, 5.41) is 3.84. The molecule has 160 valence electrons. The van der Waals surface area contributed by atoms with E-state index >= 15 is 0 Å². The van der Waals surface area contributed by atoms with Gasteiger partial charge in [-0.25, -0.2) is 18.0 Å². The number of nitrogen functional groups attached to an aromatic ring is 1. The van der Waals surface area contributed by atoms with Crippen LogP contribution < -0.4 is 58.9 Å². The third-order valence-electron chi connectivity index (χ3n) is 2.15. The van der Waals surface area contributed by atoms with Gasteiger partial charge in [-0.3, -0.25) is 18.2 Å². The largest absolute Gasteiger partial charge is 1.00 e. The number of phosphoric ester groups is 1. The van der Waals surface area contributed by atoms with Crippen molar-refractivity contribution in [3.8, 4) is 0 Å². The van der Waals surface area contributed by atoms with E-state index in [9.17, 15) is 28.3 Å². The number of ether oxygens (including phenoxy) is 1. The molecule has 0 bridgehead atoms. The SMILES string of the molecule is [2H]OC1([2H])C([2H])([2H])[C@]([2H])([15n]2c([2H])c([2H])c([15N]([2H])[2H])[15n]c2=O)O[C@]1([2H])C([2H])([2H])OP(=O)(O[2H])OP(=O)([O-])OP(=O)([O-])O[2H].[Li+].[Li+]. The van der Waals surface area contributed by atoms with Gasteiger partial charge in [0.1, 0.15) is 18.1 Å². The fourth-order valence-corrected chi connectivity index (χ4v) is 4.00. The van der Waals surface area contributed by atoms with Crippen LogP contribution in [0.5, 0.6) is 0 Å². The van der Waals surface area contributed by atoms with Crippen LogP contribution in [0.25, 0.3) is 0 Å². The van der Waals surface area contributed by atoms with E-state index in [1.54, 1.807) is 0 Å². The van der Waals surface area contributed by atoms with Crippen molar-refractivity contribution < 1.29 is 109 Å². The Morgan fingerprint density at radius 3 is 2.83 bits per heavy atom. The second kappa shape index (κ2) is 11.4. The van der Waals surface area contributed by atoms with E-state index in [1.807, 2.05) is 0 Å². The molecule has 0 spiro atoms. The van der Waals surface area contributed by atoms with Gasteiger partial charge >= 0.3 is 51.2 Å². The Kier molecular flexibility index (Phi) is 5.23. The molecule has 0 aliphatic carbocycles. The maximum Gasteiger partial charge on any atom is 1.00 e. The molecule has 1 saturated heterocycles. The van der Waals surface area contributed by atoms with E-state index in [0.29, 0.717) is 0 Å². The fraction of sp³-hybridized carbons (Fsp3) is 0.556. The van der Waals surface area contributed by atoms with Gasteiger partial charge in [-0.15, -0.1) is 0 Å². The van der Waals surface area contributed by atoms with Crippen molar-refractivity contribution in [2.75, 3.05) is 12.3 Å². The molecule has 1 aromatic heterocycles. The Hall–Kier alpha value is 0.205. The minimum Gasteiger partial charge on any atom is -0.756 e. The number of rotatable bonds is 12. The Morgan fingerprint density at radius 2 is 2.23 bits per heavy atom. The van der Waals surface area contributed by atoms with Crippen LogP contribution in [0, 0.1) is 0 Å². The van der Waals surface area contributed by atoms with E-state index in [0.717, 1.165) is 0 Å². The first kappa shape index (κ1) is 13.8. The number of hydrogen-bond donors (Lipinski definition) is 4. The van der Waals surface area contributed by atoms with E-state index in [4.69, 9.17) is 19.5 Å². The van der Waals surface area contributed by atoms with Crippen molar-refractivity contribution >= 4 is 29.3 Å². The van der Waals surface area contributed by atoms with Crippen LogP contribution in [0.3, 0.4) is 0 Å². The minimum absolute atomic E-state index is 0. The molecule has 0 aromatic carbocycles. The average Bonchev–Trinajstić information content (AvgIpc) is 2.95. The molecule has 21 heteroatoms. The summed E-state index contributed by atoms with van der Waals surface area (Å²) in [5.41, 5.74) is -2.41. The molecule has 0 amide bonds. The summed E-state index contributed by atoms with van der Waals surface area (Å²) in [6.07, 6.45) is -18.7. The first-order valence-corrected chi connectivity index (χ1v) is 10.4. The molecule has 0 radical (unpaired) electrons. The van der Waals surface area contributed by atoms with Crippen molar-refractivity contribution in [1.82, 2.24) is 9.55 Å². The van der Waals surface area contributed by atoms with Gasteiger partial charge in [0.2, 0.25) is 4.29 Å². The Bertz CT molecular complexity index is 1450. The van der Waals surface area contributed by atoms with Crippen LogP contribution in [-0.2, 0) is 31.6 Å². The third kappa shape index (κ3) is 9.37. The normalized spacial score (nSPS) is 43.0. The van der Waals surface area contributed by atoms with E-state index in [2.05, 4.69) is 37.8 Å². The molecule has 6 atom stereocenters. The summed E-state index contributed by atoms with van der Waals surface area (Å²) in [7, 11) is -19.2. The van der Waals surface area contributed by atoms with Gasteiger partial charge in [0, 0.05) is 15.3 Å². The van der Waals surface area contributed by atoms with Crippen LogP contribution in [0.4, 0.5) is 5.82 Å². The Morgan fingerprint density at radius 1 is 1.50 bits per heavy atom.